The summed E-state index contributed by atoms with van der Waals surface area (Å²) in [5.41, 5.74) is 9.40. The summed E-state index contributed by atoms with van der Waals surface area (Å²) in [5, 5.41) is 3.95. The van der Waals surface area contributed by atoms with E-state index in [9.17, 15) is 9.59 Å². The van der Waals surface area contributed by atoms with E-state index in [2.05, 4.69) is 61.2 Å². The monoisotopic (exact) mass is 548 g/mol. The summed E-state index contributed by atoms with van der Waals surface area (Å²) in [5.74, 6) is 0.0567. The molecule has 4 heterocycles. The number of rotatable bonds is 4. The maximum atomic E-state index is 13.5. The van der Waals surface area contributed by atoms with Crippen LogP contribution in [0.25, 0.3) is 10.2 Å². The Morgan fingerprint density at radius 3 is 2.74 bits per heavy atom. The van der Waals surface area contributed by atoms with E-state index in [1.165, 1.54) is 15.9 Å². The number of amides is 2. The number of pyridine rings is 1. The summed E-state index contributed by atoms with van der Waals surface area (Å²) in [6.45, 7) is 10.3. The molecule has 3 aromatic rings. The molecule has 3 atom stereocenters. The average molecular weight is 549 g/mol. The molecule has 0 saturated carbocycles. The van der Waals surface area contributed by atoms with Crippen molar-refractivity contribution in [2.24, 2.45) is 5.92 Å². The van der Waals surface area contributed by atoms with E-state index in [0.29, 0.717) is 36.3 Å². The molecular weight excluding hydrogens is 508 g/mol. The molecule has 208 valence electrons. The van der Waals surface area contributed by atoms with Crippen molar-refractivity contribution in [2.75, 3.05) is 31.2 Å². The number of fused-ring (bicyclic) bond motifs is 1. The lowest BCUT2D eigenvalue weighted by Gasteiger charge is -2.43. The smallest absolute Gasteiger partial charge is 0.313 e. The van der Waals surface area contributed by atoms with Crippen molar-refractivity contribution >= 4 is 44.9 Å². The molecular formula is C30H40N6O2S. The predicted molar refractivity (Wildman–Crippen MR) is 158 cm³/mol. The molecule has 2 fully saturated rings. The van der Waals surface area contributed by atoms with Gasteiger partial charge >= 0.3 is 11.8 Å². The van der Waals surface area contributed by atoms with Crippen molar-refractivity contribution in [3.05, 3.63) is 46.6 Å². The minimum Gasteiger partial charge on any atom is -0.383 e. The lowest BCUT2D eigenvalue weighted by molar-refractivity contribution is -0.146. The first kappa shape index (κ1) is 27.5. The quantitative estimate of drug-likeness (QED) is 0.425. The highest BCUT2D eigenvalue weighted by Gasteiger charge is 2.36. The Hall–Kier alpha value is -3.04. The van der Waals surface area contributed by atoms with Gasteiger partial charge in [-0.05, 0) is 94.8 Å². The number of nitrogen functional groups attached to an aromatic ring is 1. The van der Waals surface area contributed by atoms with E-state index in [1.54, 1.807) is 22.3 Å². The number of carbonyl (C=O) groups is 2. The van der Waals surface area contributed by atoms with Crippen molar-refractivity contribution in [1.29, 1.82) is 0 Å². The second kappa shape index (κ2) is 10.8. The molecule has 2 aliphatic rings. The first-order valence-corrected chi connectivity index (χ1v) is 14.8. The molecule has 1 aromatic carbocycles. The van der Waals surface area contributed by atoms with Crippen LogP contribution < -0.4 is 11.1 Å². The zero-order valence-electron chi connectivity index (χ0n) is 23.7. The van der Waals surface area contributed by atoms with Crippen molar-refractivity contribution < 1.29 is 9.59 Å². The Kier molecular flexibility index (Phi) is 7.66. The minimum atomic E-state index is -0.648. The van der Waals surface area contributed by atoms with E-state index >= 15 is 0 Å². The van der Waals surface area contributed by atoms with Crippen molar-refractivity contribution in [3.63, 3.8) is 0 Å². The van der Waals surface area contributed by atoms with Crippen LogP contribution in [-0.2, 0) is 16.0 Å². The van der Waals surface area contributed by atoms with Crippen LogP contribution in [-0.4, -0.2) is 57.3 Å². The van der Waals surface area contributed by atoms with Crippen molar-refractivity contribution in [1.82, 2.24) is 19.8 Å². The molecule has 5 rings (SSSR count). The van der Waals surface area contributed by atoms with Crippen LogP contribution in [0.1, 0.15) is 81.5 Å². The Bertz CT molecular complexity index is 1390. The van der Waals surface area contributed by atoms with Crippen LogP contribution in [0.5, 0.6) is 0 Å². The van der Waals surface area contributed by atoms with Crippen molar-refractivity contribution in [3.8, 4) is 0 Å². The summed E-state index contributed by atoms with van der Waals surface area (Å²) >= 11 is 1.79. The number of piperidine rings is 2. The third-order valence-corrected chi connectivity index (χ3v) is 9.87. The van der Waals surface area contributed by atoms with E-state index in [1.807, 2.05) is 6.92 Å². The number of thiazole rings is 1. The summed E-state index contributed by atoms with van der Waals surface area (Å²) in [6, 6.07) is 8.00. The van der Waals surface area contributed by atoms with Crippen LogP contribution in [0.3, 0.4) is 0 Å². The molecule has 2 saturated heterocycles. The number of aromatic nitrogens is 2. The number of nitrogens with zero attached hydrogens (tertiary/aromatic N) is 4. The van der Waals surface area contributed by atoms with Gasteiger partial charge in [-0.1, -0.05) is 19.9 Å². The summed E-state index contributed by atoms with van der Waals surface area (Å²) in [7, 11) is 2.20. The van der Waals surface area contributed by atoms with E-state index < -0.39 is 11.8 Å². The Balaban J connectivity index is 1.36. The Morgan fingerprint density at radius 1 is 1.21 bits per heavy atom. The molecule has 2 aromatic heterocycles. The topological polar surface area (TPSA) is 104 Å². The van der Waals surface area contributed by atoms with Crippen LogP contribution in [0.4, 0.5) is 11.5 Å². The number of likely N-dealkylation sites (tertiary alicyclic amines) is 2. The number of aryl methyl sites for hydroxylation is 1. The van der Waals surface area contributed by atoms with Gasteiger partial charge in [0, 0.05) is 18.0 Å². The lowest BCUT2D eigenvalue weighted by Crippen LogP contribution is -2.46. The maximum Gasteiger partial charge on any atom is 0.313 e. The molecule has 9 heteroatoms. The fourth-order valence-electron chi connectivity index (χ4n) is 5.98. The van der Waals surface area contributed by atoms with Crippen molar-refractivity contribution in [2.45, 2.75) is 77.3 Å². The minimum absolute atomic E-state index is 0.159. The predicted octanol–water partition coefficient (Wildman–Crippen LogP) is 5.36. The zero-order valence-corrected chi connectivity index (χ0v) is 24.5. The van der Waals surface area contributed by atoms with Crippen LogP contribution >= 0.6 is 11.3 Å². The number of nitrogens with one attached hydrogen (secondary N) is 1. The van der Waals surface area contributed by atoms with Crippen LogP contribution in [0.2, 0.25) is 0 Å². The third-order valence-electron chi connectivity index (χ3n) is 8.67. The molecule has 8 nitrogen and oxygen atoms in total. The second-order valence-corrected chi connectivity index (χ2v) is 13.0. The molecule has 0 aliphatic carbocycles. The fourth-order valence-corrected chi connectivity index (χ4v) is 7.06. The van der Waals surface area contributed by atoms with Gasteiger partial charge in [0.25, 0.3) is 0 Å². The van der Waals surface area contributed by atoms with Gasteiger partial charge in [-0.25, -0.2) is 9.97 Å². The van der Waals surface area contributed by atoms with Gasteiger partial charge in [-0.3, -0.25) is 9.59 Å². The number of benzene rings is 1. The third kappa shape index (κ3) is 5.65. The zero-order chi connectivity index (χ0) is 27.9. The molecule has 2 aliphatic heterocycles. The molecule has 0 radical (unpaired) electrons. The van der Waals surface area contributed by atoms with E-state index in [0.717, 1.165) is 48.9 Å². The van der Waals surface area contributed by atoms with Crippen LogP contribution in [0, 0.1) is 5.92 Å². The van der Waals surface area contributed by atoms with Gasteiger partial charge in [0.2, 0.25) is 0 Å². The standard InChI is InChI=1S/C30H40N6O2S/c1-6-19-13-22(16-32-26(19)31)33-27(37)29(38)36-17-18(2)7-9-24(36)20-8-10-25-23(14-20)34-28(39-25)21-11-12-35(5)30(3,4)15-21/h8,10,13-14,16,18,21,24H,6-7,9,11-12,15,17H2,1-5H3,(H2,31,32)(H,33,37)/t18-,21?,24+/m0/s1. The first-order valence-electron chi connectivity index (χ1n) is 14.0. The number of hydrogen-bond acceptors (Lipinski definition) is 7. The highest BCUT2D eigenvalue weighted by Crippen LogP contribution is 2.41. The number of nitrogens with two attached hydrogens (primary N) is 1. The molecule has 2 amide bonds. The fraction of sp³-hybridized carbons (Fsp3) is 0.533. The number of carbonyl (C=O) groups excluding carboxylic acids is 2. The SMILES string of the molecule is CCc1cc(NC(=O)C(=O)N2C[C@@H](C)CC[C@@H]2c2ccc3sc(C4CCN(C)C(C)(C)C4)nc3c2)cnc1N. The molecule has 39 heavy (non-hydrogen) atoms. The molecule has 3 N–H and O–H groups in total. The average Bonchev–Trinajstić information content (AvgIpc) is 3.34. The Labute approximate surface area is 235 Å². The molecule has 0 bridgehead atoms. The van der Waals surface area contributed by atoms with Crippen LogP contribution in [0.15, 0.2) is 30.5 Å². The lowest BCUT2D eigenvalue weighted by atomic mass is 9.83. The van der Waals surface area contributed by atoms with Gasteiger partial charge in [0.05, 0.1) is 33.2 Å². The van der Waals surface area contributed by atoms with Gasteiger partial charge in [-0.2, -0.15) is 0 Å². The number of anilines is 2. The summed E-state index contributed by atoms with van der Waals surface area (Å²) in [6.07, 6.45) is 6.22. The van der Waals surface area contributed by atoms with Gasteiger partial charge < -0.3 is 20.9 Å². The summed E-state index contributed by atoms with van der Waals surface area (Å²) < 4.78 is 1.17. The largest absolute Gasteiger partial charge is 0.383 e. The molecule has 1 unspecified atom stereocenters. The highest BCUT2D eigenvalue weighted by atomic mass is 32.1. The number of hydrogen-bond donors (Lipinski definition) is 2. The van der Waals surface area contributed by atoms with Gasteiger partial charge in [0.15, 0.2) is 0 Å². The van der Waals surface area contributed by atoms with Gasteiger partial charge in [0.1, 0.15) is 5.82 Å². The second-order valence-electron chi connectivity index (χ2n) is 11.9. The first-order chi connectivity index (χ1) is 18.6. The van der Waals surface area contributed by atoms with E-state index in [-0.39, 0.29) is 11.6 Å². The summed E-state index contributed by atoms with van der Waals surface area (Å²) in [4.78, 5) is 40.0. The molecule has 0 spiro atoms. The normalized spacial score (nSPS) is 23.6. The van der Waals surface area contributed by atoms with E-state index in [4.69, 9.17) is 10.7 Å². The van der Waals surface area contributed by atoms with Gasteiger partial charge in [-0.15, -0.1) is 11.3 Å². The maximum absolute atomic E-state index is 13.5. The highest BCUT2D eigenvalue weighted by molar-refractivity contribution is 7.18. The Morgan fingerprint density at radius 2 is 2.00 bits per heavy atom.